The zero-order valence-electron chi connectivity index (χ0n) is 19.0. The van der Waals surface area contributed by atoms with Gasteiger partial charge in [-0.15, -0.1) is 0 Å². The topological polar surface area (TPSA) is 90.2 Å². The smallest absolute Gasteiger partial charge is 0.433 e. The fraction of sp³-hybridized carbons (Fsp3) is 0.167. The molecule has 0 fully saturated rings. The summed E-state index contributed by atoms with van der Waals surface area (Å²) in [6.45, 7) is 3.76. The summed E-state index contributed by atoms with van der Waals surface area (Å²) < 4.78 is 61.9. The molecule has 0 saturated heterocycles. The van der Waals surface area contributed by atoms with E-state index in [1.54, 1.807) is 30.7 Å². The molecule has 0 saturated carbocycles. The molecule has 5 aromatic rings. The van der Waals surface area contributed by atoms with Crippen molar-refractivity contribution in [2.24, 2.45) is 0 Å². The van der Waals surface area contributed by atoms with E-state index in [0.717, 1.165) is 11.6 Å². The van der Waals surface area contributed by atoms with Gasteiger partial charge in [0.25, 0.3) is 5.91 Å². The predicted octanol–water partition coefficient (Wildman–Crippen LogP) is 5.26. The lowest BCUT2D eigenvalue weighted by Crippen LogP contribution is -2.16. The van der Waals surface area contributed by atoms with Crippen LogP contribution in [0.1, 0.15) is 33.1 Å². The Balaban J connectivity index is 1.46. The van der Waals surface area contributed by atoms with Crippen LogP contribution in [-0.4, -0.2) is 30.3 Å². The molecule has 1 amide bonds. The van der Waals surface area contributed by atoms with E-state index in [1.165, 1.54) is 36.6 Å². The van der Waals surface area contributed by atoms with Gasteiger partial charge in [0.2, 0.25) is 0 Å². The molecule has 0 aliphatic carbocycles. The van der Waals surface area contributed by atoms with Crippen molar-refractivity contribution < 1.29 is 26.8 Å². The largest absolute Gasteiger partial charge is 0.463 e. The van der Waals surface area contributed by atoms with E-state index >= 15 is 0 Å². The van der Waals surface area contributed by atoms with Crippen LogP contribution in [0.2, 0.25) is 0 Å². The van der Waals surface area contributed by atoms with Crippen molar-refractivity contribution in [3.8, 4) is 11.5 Å². The van der Waals surface area contributed by atoms with Crippen molar-refractivity contribution in [3.05, 3.63) is 89.0 Å². The first-order valence-corrected chi connectivity index (χ1v) is 10.7. The van der Waals surface area contributed by atoms with Crippen LogP contribution in [0.15, 0.2) is 59.2 Å². The highest BCUT2D eigenvalue weighted by atomic mass is 19.4. The van der Waals surface area contributed by atoms with Crippen molar-refractivity contribution in [3.63, 3.8) is 0 Å². The van der Waals surface area contributed by atoms with Gasteiger partial charge in [0, 0.05) is 6.07 Å². The van der Waals surface area contributed by atoms with E-state index in [2.05, 4.69) is 20.5 Å². The molecule has 12 heteroatoms. The van der Waals surface area contributed by atoms with Gasteiger partial charge in [0.15, 0.2) is 22.8 Å². The third-order valence-corrected chi connectivity index (χ3v) is 5.59. The summed E-state index contributed by atoms with van der Waals surface area (Å²) in [5, 5.41) is 11.0. The van der Waals surface area contributed by atoms with E-state index in [-0.39, 0.29) is 28.6 Å². The molecule has 5 rings (SSSR count). The van der Waals surface area contributed by atoms with E-state index < -0.39 is 17.8 Å². The lowest BCUT2D eigenvalue weighted by Gasteiger charge is -2.09. The van der Waals surface area contributed by atoms with Crippen LogP contribution in [0, 0.1) is 19.7 Å². The Kier molecular flexibility index (Phi) is 5.58. The predicted molar refractivity (Wildman–Crippen MR) is 121 cm³/mol. The van der Waals surface area contributed by atoms with Gasteiger partial charge in [0.1, 0.15) is 11.5 Å². The molecule has 184 valence electrons. The molecule has 1 N–H and O–H groups in total. The molecule has 1 aromatic carbocycles. The Morgan fingerprint density at radius 2 is 1.83 bits per heavy atom. The summed E-state index contributed by atoms with van der Waals surface area (Å²) in [6, 6.07) is 10.9. The number of anilines is 1. The fourth-order valence-electron chi connectivity index (χ4n) is 3.81. The number of aryl methyl sites for hydroxylation is 1. The number of nitrogens with zero attached hydrogens (tertiary/aromatic N) is 5. The Hall–Kier alpha value is -4.48. The number of hydrogen-bond donors (Lipinski definition) is 1. The first-order valence-electron chi connectivity index (χ1n) is 10.7. The molecule has 0 radical (unpaired) electrons. The van der Waals surface area contributed by atoms with Gasteiger partial charge < -0.3 is 9.73 Å². The lowest BCUT2D eigenvalue weighted by molar-refractivity contribution is -0.142. The molecule has 0 spiro atoms. The van der Waals surface area contributed by atoms with Gasteiger partial charge >= 0.3 is 6.18 Å². The molecule has 0 unspecified atom stereocenters. The van der Waals surface area contributed by atoms with Gasteiger partial charge in [-0.25, -0.2) is 13.9 Å². The summed E-state index contributed by atoms with van der Waals surface area (Å²) >= 11 is 0. The third-order valence-electron chi connectivity index (χ3n) is 5.59. The standard InChI is InChI=1S/C24H18F4N6O2/c1-13-22(14(2)33(31-13)12-15-5-7-16(25)8-6-15)30-23(35)18-11-21-29-17(19-4-3-9-36-19)10-20(24(26,27)28)34(21)32-18/h3-11H,12H2,1-2H3,(H,30,35). The van der Waals surface area contributed by atoms with Crippen LogP contribution in [0.4, 0.5) is 23.2 Å². The molecule has 36 heavy (non-hydrogen) atoms. The van der Waals surface area contributed by atoms with Crippen molar-refractivity contribution in [1.29, 1.82) is 0 Å². The summed E-state index contributed by atoms with van der Waals surface area (Å²) in [5.41, 5.74) is 0.760. The van der Waals surface area contributed by atoms with Crippen LogP contribution < -0.4 is 5.32 Å². The normalized spacial score (nSPS) is 11.8. The van der Waals surface area contributed by atoms with E-state index in [4.69, 9.17) is 4.42 Å². The molecule has 4 aromatic heterocycles. The van der Waals surface area contributed by atoms with E-state index in [9.17, 15) is 22.4 Å². The number of hydrogen-bond acceptors (Lipinski definition) is 5. The summed E-state index contributed by atoms with van der Waals surface area (Å²) in [6.07, 6.45) is -3.43. The minimum absolute atomic E-state index is 0.0413. The molecular weight excluding hydrogens is 480 g/mol. The maximum Gasteiger partial charge on any atom is 0.433 e. The third kappa shape index (κ3) is 4.32. The van der Waals surface area contributed by atoms with Crippen molar-refractivity contribution in [1.82, 2.24) is 24.4 Å². The average molecular weight is 498 g/mol. The van der Waals surface area contributed by atoms with Gasteiger partial charge in [-0.1, -0.05) is 12.1 Å². The maximum absolute atomic E-state index is 13.8. The number of benzene rings is 1. The lowest BCUT2D eigenvalue weighted by atomic mass is 10.2. The molecule has 0 aliphatic rings. The Bertz CT molecular complexity index is 1570. The SMILES string of the molecule is Cc1nn(Cc2ccc(F)cc2)c(C)c1NC(=O)c1cc2nc(-c3ccco3)cc(C(F)(F)F)n2n1. The van der Waals surface area contributed by atoms with Gasteiger partial charge in [-0.05, 0) is 49.7 Å². The fourth-order valence-corrected chi connectivity index (χ4v) is 3.81. The van der Waals surface area contributed by atoms with Gasteiger partial charge in [-0.3, -0.25) is 9.48 Å². The number of amides is 1. The highest BCUT2D eigenvalue weighted by molar-refractivity contribution is 6.04. The van der Waals surface area contributed by atoms with Crippen LogP contribution in [0.5, 0.6) is 0 Å². The summed E-state index contributed by atoms with van der Waals surface area (Å²) in [7, 11) is 0. The number of rotatable bonds is 5. The van der Waals surface area contributed by atoms with Gasteiger partial charge in [-0.2, -0.15) is 23.4 Å². The Morgan fingerprint density at radius 3 is 2.50 bits per heavy atom. The quantitative estimate of drug-likeness (QED) is 0.334. The number of alkyl halides is 3. The van der Waals surface area contributed by atoms with E-state index in [1.807, 2.05) is 0 Å². The maximum atomic E-state index is 13.8. The van der Waals surface area contributed by atoms with Crippen LogP contribution in [0.3, 0.4) is 0 Å². The van der Waals surface area contributed by atoms with Crippen molar-refractivity contribution in [2.45, 2.75) is 26.6 Å². The zero-order chi connectivity index (χ0) is 25.6. The number of furan rings is 1. The molecule has 0 aliphatic heterocycles. The number of carbonyl (C=O) groups is 1. The molecule has 0 atom stereocenters. The molecule has 8 nitrogen and oxygen atoms in total. The second-order valence-corrected chi connectivity index (χ2v) is 8.09. The second kappa shape index (κ2) is 8.63. The summed E-state index contributed by atoms with van der Waals surface area (Å²) in [5.74, 6) is -0.928. The van der Waals surface area contributed by atoms with Crippen LogP contribution in [-0.2, 0) is 12.7 Å². The average Bonchev–Trinajstić information content (AvgIpc) is 3.56. The number of carbonyl (C=O) groups excluding carboxylic acids is 1. The number of nitrogens with one attached hydrogen (secondary N) is 1. The van der Waals surface area contributed by atoms with Crippen molar-refractivity contribution in [2.75, 3.05) is 5.32 Å². The van der Waals surface area contributed by atoms with Crippen molar-refractivity contribution >= 4 is 17.2 Å². The second-order valence-electron chi connectivity index (χ2n) is 8.09. The Morgan fingerprint density at radius 1 is 1.08 bits per heavy atom. The Labute approximate surface area is 201 Å². The van der Waals surface area contributed by atoms with Gasteiger partial charge in [0.05, 0.1) is 29.9 Å². The zero-order valence-corrected chi connectivity index (χ0v) is 19.0. The number of aromatic nitrogens is 5. The highest BCUT2D eigenvalue weighted by Crippen LogP contribution is 2.32. The molecular formula is C24H18F4N6O2. The monoisotopic (exact) mass is 498 g/mol. The first kappa shape index (κ1) is 23.3. The number of fused-ring (bicyclic) bond motifs is 1. The van der Waals surface area contributed by atoms with E-state index in [0.29, 0.717) is 28.1 Å². The highest BCUT2D eigenvalue weighted by Gasteiger charge is 2.36. The molecule has 4 heterocycles. The minimum Gasteiger partial charge on any atom is -0.463 e. The number of halogens is 4. The molecule has 0 bridgehead atoms. The van der Waals surface area contributed by atoms with Crippen LogP contribution in [0.25, 0.3) is 17.1 Å². The summed E-state index contributed by atoms with van der Waals surface area (Å²) in [4.78, 5) is 17.2. The minimum atomic E-state index is -4.75. The van der Waals surface area contributed by atoms with Crippen LogP contribution >= 0.6 is 0 Å². The first-order chi connectivity index (χ1) is 17.1.